The molecule has 1 saturated heterocycles. The average Bonchev–Trinajstić information content (AvgIpc) is 2.36. The van der Waals surface area contributed by atoms with Gasteiger partial charge < -0.3 is 10.2 Å². The van der Waals surface area contributed by atoms with Crippen LogP contribution in [0.15, 0.2) is 28.7 Å². The van der Waals surface area contributed by atoms with E-state index in [1.807, 2.05) is 0 Å². The van der Waals surface area contributed by atoms with Gasteiger partial charge in [-0.25, -0.2) is 0 Å². The Morgan fingerprint density at radius 1 is 1.50 bits per heavy atom. The molecular formula is C15H23BrN2. The SMILES string of the molecule is C[C@@H](NCC1CCCN(C)C1)c1cccc(Br)c1. The van der Waals surface area contributed by atoms with E-state index in [2.05, 4.69) is 64.4 Å². The molecule has 18 heavy (non-hydrogen) atoms. The maximum atomic E-state index is 3.67. The van der Waals surface area contributed by atoms with Crippen molar-refractivity contribution in [2.75, 3.05) is 26.7 Å². The summed E-state index contributed by atoms with van der Waals surface area (Å²) in [4.78, 5) is 2.44. The maximum absolute atomic E-state index is 3.67. The Morgan fingerprint density at radius 2 is 2.33 bits per heavy atom. The minimum atomic E-state index is 0.426. The number of nitrogens with zero attached hydrogens (tertiary/aromatic N) is 1. The molecule has 1 aliphatic rings. The zero-order valence-electron chi connectivity index (χ0n) is 11.3. The van der Waals surface area contributed by atoms with Crippen molar-refractivity contribution in [3.8, 4) is 0 Å². The van der Waals surface area contributed by atoms with Crippen molar-refractivity contribution in [2.45, 2.75) is 25.8 Å². The van der Waals surface area contributed by atoms with Crippen LogP contribution in [0, 0.1) is 5.92 Å². The molecule has 1 unspecified atom stereocenters. The molecule has 1 N–H and O–H groups in total. The van der Waals surface area contributed by atoms with Gasteiger partial charge in [-0.05, 0) is 63.5 Å². The summed E-state index contributed by atoms with van der Waals surface area (Å²) in [5.41, 5.74) is 1.36. The minimum absolute atomic E-state index is 0.426. The van der Waals surface area contributed by atoms with E-state index in [1.54, 1.807) is 0 Å². The molecule has 3 heteroatoms. The van der Waals surface area contributed by atoms with Crippen LogP contribution < -0.4 is 5.32 Å². The van der Waals surface area contributed by atoms with E-state index in [0.717, 1.165) is 16.9 Å². The van der Waals surface area contributed by atoms with Crippen molar-refractivity contribution in [1.29, 1.82) is 0 Å². The summed E-state index contributed by atoms with van der Waals surface area (Å²) in [6, 6.07) is 8.99. The van der Waals surface area contributed by atoms with Crippen LogP contribution in [0.1, 0.15) is 31.4 Å². The van der Waals surface area contributed by atoms with Crippen LogP contribution >= 0.6 is 15.9 Å². The van der Waals surface area contributed by atoms with Crippen molar-refractivity contribution in [3.63, 3.8) is 0 Å². The molecule has 1 heterocycles. The summed E-state index contributed by atoms with van der Waals surface area (Å²) >= 11 is 3.53. The van der Waals surface area contributed by atoms with Gasteiger partial charge in [-0.2, -0.15) is 0 Å². The summed E-state index contributed by atoms with van der Waals surface area (Å²) in [7, 11) is 2.23. The first-order valence-electron chi connectivity index (χ1n) is 6.82. The molecule has 1 fully saturated rings. The van der Waals surface area contributed by atoms with Crippen molar-refractivity contribution < 1.29 is 0 Å². The summed E-state index contributed by atoms with van der Waals surface area (Å²) in [6.45, 7) is 5.86. The van der Waals surface area contributed by atoms with E-state index >= 15 is 0 Å². The molecule has 2 rings (SSSR count). The van der Waals surface area contributed by atoms with E-state index in [1.165, 1.54) is 31.5 Å². The Hall–Kier alpha value is -0.380. The van der Waals surface area contributed by atoms with Gasteiger partial charge in [0.05, 0.1) is 0 Å². The molecule has 0 aliphatic carbocycles. The quantitative estimate of drug-likeness (QED) is 0.916. The van der Waals surface area contributed by atoms with Crippen LogP contribution in [0.3, 0.4) is 0 Å². The molecule has 1 aromatic rings. The fourth-order valence-electron chi connectivity index (χ4n) is 2.68. The number of halogens is 1. The predicted molar refractivity (Wildman–Crippen MR) is 80.8 cm³/mol. The van der Waals surface area contributed by atoms with Crippen LogP contribution in [0.2, 0.25) is 0 Å². The third kappa shape index (κ3) is 4.08. The first kappa shape index (κ1) is 14.0. The van der Waals surface area contributed by atoms with Gasteiger partial charge in [0.25, 0.3) is 0 Å². The van der Waals surface area contributed by atoms with Crippen LogP contribution in [0.4, 0.5) is 0 Å². The van der Waals surface area contributed by atoms with Gasteiger partial charge in [-0.1, -0.05) is 28.1 Å². The molecule has 2 atom stereocenters. The molecule has 0 spiro atoms. The third-order valence-electron chi connectivity index (χ3n) is 3.78. The highest BCUT2D eigenvalue weighted by atomic mass is 79.9. The molecule has 100 valence electrons. The third-order valence-corrected chi connectivity index (χ3v) is 4.28. The average molecular weight is 311 g/mol. The monoisotopic (exact) mass is 310 g/mol. The van der Waals surface area contributed by atoms with E-state index in [9.17, 15) is 0 Å². The molecule has 0 saturated carbocycles. The lowest BCUT2D eigenvalue weighted by molar-refractivity contribution is 0.203. The first-order chi connectivity index (χ1) is 8.65. The molecule has 1 aromatic carbocycles. The van der Waals surface area contributed by atoms with Gasteiger partial charge in [-0.15, -0.1) is 0 Å². The molecular weight excluding hydrogens is 288 g/mol. The fraction of sp³-hybridized carbons (Fsp3) is 0.600. The smallest absolute Gasteiger partial charge is 0.0292 e. The Kier molecular flexibility index (Phi) is 5.22. The standard InChI is InChI=1S/C15H23BrN2/c1-12(14-6-3-7-15(16)9-14)17-10-13-5-4-8-18(2)11-13/h3,6-7,9,12-13,17H,4-5,8,10-11H2,1-2H3/t12-,13?/m1/s1. The summed E-state index contributed by atoms with van der Waals surface area (Å²) in [5, 5.41) is 3.67. The van der Waals surface area contributed by atoms with E-state index in [-0.39, 0.29) is 0 Å². The number of nitrogens with one attached hydrogen (secondary N) is 1. The second-order valence-corrected chi connectivity index (χ2v) is 6.37. The van der Waals surface area contributed by atoms with Crippen molar-refractivity contribution in [1.82, 2.24) is 10.2 Å². The number of benzene rings is 1. The Balaban J connectivity index is 1.82. The second-order valence-electron chi connectivity index (χ2n) is 5.46. The first-order valence-corrected chi connectivity index (χ1v) is 7.62. The molecule has 1 aliphatic heterocycles. The topological polar surface area (TPSA) is 15.3 Å². The zero-order chi connectivity index (χ0) is 13.0. The number of hydrogen-bond acceptors (Lipinski definition) is 2. The Bertz CT molecular complexity index is 381. The number of piperidine rings is 1. The molecule has 0 radical (unpaired) electrons. The van der Waals surface area contributed by atoms with Gasteiger partial charge in [-0.3, -0.25) is 0 Å². The highest BCUT2D eigenvalue weighted by Crippen LogP contribution is 2.19. The van der Waals surface area contributed by atoms with Crippen LogP contribution in [0.25, 0.3) is 0 Å². The minimum Gasteiger partial charge on any atom is -0.310 e. The summed E-state index contributed by atoms with van der Waals surface area (Å²) in [5.74, 6) is 0.804. The van der Waals surface area contributed by atoms with Crippen molar-refractivity contribution >= 4 is 15.9 Å². The van der Waals surface area contributed by atoms with Gasteiger partial charge in [0.1, 0.15) is 0 Å². The summed E-state index contributed by atoms with van der Waals surface area (Å²) < 4.78 is 1.16. The van der Waals surface area contributed by atoms with Gasteiger partial charge >= 0.3 is 0 Å². The fourth-order valence-corrected chi connectivity index (χ4v) is 3.09. The molecule has 0 bridgehead atoms. The molecule has 0 amide bonds. The summed E-state index contributed by atoms with van der Waals surface area (Å²) in [6.07, 6.45) is 2.71. The second kappa shape index (κ2) is 6.69. The largest absolute Gasteiger partial charge is 0.310 e. The van der Waals surface area contributed by atoms with Crippen LogP contribution in [0.5, 0.6) is 0 Å². The van der Waals surface area contributed by atoms with E-state index in [4.69, 9.17) is 0 Å². The lowest BCUT2D eigenvalue weighted by Crippen LogP contribution is -2.37. The predicted octanol–water partition coefficient (Wildman–Crippen LogP) is 3.44. The van der Waals surface area contributed by atoms with E-state index < -0.39 is 0 Å². The van der Waals surface area contributed by atoms with Crippen LogP contribution in [-0.4, -0.2) is 31.6 Å². The molecule has 0 aromatic heterocycles. The number of rotatable bonds is 4. The van der Waals surface area contributed by atoms with Gasteiger partial charge in [0, 0.05) is 17.1 Å². The molecule has 2 nitrogen and oxygen atoms in total. The number of hydrogen-bond donors (Lipinski definition) is 1. The maximum Gasteiger partial charge on any atom is 0.0292 e. The zero-order valence-corrected chi connectivity index (χ0v) is 12.9. The van der Waals surface area contributed by atoms with Gasteiger partial charge in [0.2, 0.25) is 0 Å². The highest BCUT2D eigenvalue weighted by molar-refractivity contribution is 9.10. The lowest BCUT2D eigenvalue weighted by atomic mass is 9.98. The number of likely N-dealkylation sites (tertiary alicyclic amines) is 1. The van der Waals surface area contributed by atoms with Crippen molar-refractivity contribution in [3.05, 3.63) is 34.3 Å². The highest BCUT2D eigenvalue weighted by Gasteiger charge is 2.17. The lowest BCUT2D eigenvalue weighted by Gasteiger charge is -2.30. The Labute approximate surface area is 119 Å². The normalized spacial score (nSPS) is 22.9. The van der Waals surface area contributed by atoms with E-state index in [0.29, 0.717) is 6.04 Å². The van der Waals surface area contributed by atoms with Crippen molar-refractivity contribution in [2.24, 2.45) is 5.92 Å². The Morgan fingerprint density at radius 3 is 3.06 bits per heavy atom. The van der Waals surface area contributed by atoms with Crippen LogP contribution in [-0.2, 0) is 0 Å². The van der Waals surface area contributed by atoms with Gasteiger partial charge in [0.15, 0.2) is 0 Å².